The number of rotatable bonds is 7. The van der Waals surface area contributed by atoms with Gasteiger partial charge in [0.1, 0.15) is 5.75 Å². The van der Waals surface area contributed by atoms with Gasteiger partial charge in [-0.15, -0.1) is 10.2 Å². The molecule has 6 nitrogen and oxygen atoms in total. The van der Waals surface area contributed by atoms with Crippen molar-refractivity contribution in [1.82, 2.24) is 10.2 Å². The number of amides is 1. The summed E-state index contributed by atoms with van der Waals surface area (Å²) in [7, 11) is 1.62. The fraction of sp³-hybridized carbons (Fsp3) is 0.500. The maximum Gasteiger partial charge on any atom is 0.237 e. The number of nitrogens with one attached hydrogen (secondary N) is 2. The molecule has 1 aromatic heterocycles. The lowest BCUT2D eigenvalue weighted by atomic mass is 9.96. The van der Waals surface area contributed by atoms with Crippen molar-refractivity contribution >= 4 is 39.8 Å². The molecule has 0 saturated heterocycles. The number of aromatic nitrogens is 2. The molecule has 1 aliphatic rings. The summed E-state index contributed by atoms with van der Waals surface area (Å²) in [5.74, 6) is 0.703. The van der Waals surface area contributed by atoms with Crippen molar-refractivity contribution in [3.8, 4) is 5.75 Å². The number of nitrogens with zero attached hydrogens (tertiary/aromatic N) is 2. The molecule has 26 heavy (non-hydrogen) atoms. The number of carbonyl (C=O) groups excluding carboxylic acids is 1. The Balaban J connectivity index is 1.50. The highest BCUT2D eigenvalue weighted by molar-refractivity contribution is 8.02. The van der Waals surface area contributed by atoms with E-state index in [4.69, 9.17) is 4.74 Å². The zero-order valence-corrected chi connectivity index (χ0v) is 16.7. The Kier molecular flexibility index (Phi) is 6.73. The van der Waals surface area contributed by atoms with E-state index in [0.717, 1.165) is 20.9 Å². The van der Waals surface area contributed by atoms with Gasteiger partial charge >= 0.3 is 0 Å². The molecule has 0 spiro atoms. The van der Waals surface area contributed by atoms with Crippen LogP contribution in [0.4, 0.5) is 10.8 Å². The van der Waals surface area contributed by atoms with Gasteiger partial charge in [0, 0.05) is 11.7 Å². The van der Waals surface area contributed by atoms with E-state index >= 15 is 0 Å². The van der Waals surface area contributed by atoms with E-state index < -0.39 is 0 Å². The Morgan fingerprint density at radius 2 is 1.96 bits per heavy atom. The zero-order chi connectivity index (χ0) is 18.4. The summed E-state index contributed by atoms with van der Waals surface area (Å²) in [5.41, 5.74) is 0.750. The number of carbonyl (C=O) groups is 1. The van der Waals surface area contributed by atoms with Gasteiger partial charge in [0.25, 0.3) is 0 Å². The van der Waals surface area contributed by atoms with Crippen LogP contribution in [0.15, 0.2) is 28.6 Å². The van der Waals surface area contributed by atoms with E-state index in [1.165, 1.54) is 55.2 Å². The summed E-state index contributed by atoms with van der Waals surface area (Å²) in [5, 5.41) is 15.4. The molecule has 0 radical (unpaired) electrons. The molecule has 0 bridgehead atoms. The monoisotopic (exact) mass is 392 g/mol. The smallest absolute Gasteiger partial charge is 0.237 e. The fourth-order valence-electron chi connectivity index (χ4n) is 2.86. The van der Waals surface area contributed by atoms with Crippen LogP contribution in [0.3, 0.4) is 0 Å². The molecule has 8 heteroatoms. The molecule has 1 fully saturated rings. The van der Waals surface area contributed by atoms with Gasteiger partial charge in [0.05, 0.1) is 12.4 Å². The van der Waals surface area contributed by atoms with E-state index in [2.05, 4.69) is 20.8 Å². The van der Waals surface area contributed by atoms with Crippen molar-refractivity contribution in [1.29, 1.82) is 0 Å². The Bertz CT molecular complexity index is 714. The van der Waals surface area contributed by atoms with Gasteiger partial charge in [-0.25, -0.2) is 0 Å². The third kappa shape index (κ3) is 5.35. The number of hydrogen-bond donors (Lipinski definition) is 2. The molecule has 1 amide bonds. The maximum absolute atomic E-state index is 12.4. The second-order valence-electron chi connectivity index (χ2n) is 6.33. The minimum Gasteiger partial charge on any atom is -0.497 e. The first kappa shape index (κ1) is 19.0. The average Bonchev–Trinajstić information content (AvgIpc) is 3.10. The van der Waals surface area contributed by atoms with Gasteiger partial charge in [-0.05, 0) is 44.0 Å². The maximum atomic E-state index is 12.4. The molecule has 1 aliphatic carbocycles. The Morgan fingerprint density at radius 1 is 1.23 bits per heavy atom. The van der Waals surface area contributed by atoms with Gasteiger partial charge in [-0.3, -0.25) is 4.79 Å². The van der Waals surface area contributed by atoms with Crippen LogP contribution < -0.4 is 15.4 Å². The van der Waals surface area contributed by atoms with Crippen molar-refractivity contribution in [3.05, 3.63) is 24.3 Å². The molecular weight excluding hydrogens is 368 g/mol. The molecule has 2 aromatic rings. The van der Waals surface area contributed by atoms with E-state index in [9.17, 15) is 4.79 Å². The molecular formula is C18H24N4O2S2. The summed E-state index contributed by atoms with van der Waals surface area (Å²) in [6.07, 6.45) is 6.28. The van der Waals surface area contributed by atoms with Crippen LogP contribution in [0.2, 0.25) is 0 Å². The Hall–Kier alpha value is -1.80. The topological polar surface area (TPSA) is 76.1 Å². The minimum atomic E-state index is -0.257. The van der Waals surface area contributed by atoms with Crippen molar-refractivity contribution in [3.63, 3.8) is 0 Å². The van der Waals surface area contributed by atoms with Crippen LogP contribution in [0.25, 0.3) is 0 Å². The van der Waals surface area contributed by atoms with E-state index in [1.54, 1.807) is 7.11 Å². The molecule has 1 atom stereocenters. The van der Waals surface area contributed by atoms with Crippen LogP contribution in [-0.2, 0) is 4.79 Å². The van der Waals surface area contributed by atoms with Gasteiger partial charge in [-0.1, -0.05) is 42.4 Å². The molecule has 1 unspecified atom stereocenters. The summed E-state index contributed by atoms with van der Waals surface area (Å²) in [4.78, 5) is 12.4. The van der Waals surface area contributed by atoms with Gasteiger partial charge in [0.15, 0.2) is 4.34 Å². The molecule has 140 valence electrons. The predicted octanol–water partition coefficient (Wildman–Crippen LogP) is 4.41. The van der Waals surface area contributed by atoms with Crippen molar-refractivity contribution in [2.75, 3.05) is 17.7 Å². The van der Waals surface area contributed by atoms with E-state index in [0.29, 0.717) is 6.04 Å². The largest absolute Gasteiger partial charge is 0.497 e. The molecule has 1 saturated carbocycles. The summed E-state index contributed by atoms with van der Waals surface area (Å²) >= 11 is 2.95. The minimum absolute atomic E-state index is 0.0582. The zero-order valence-electron chi connectivity index (χ0n) is 15.0. The fourth-order valence-corrected chi connectivity index (χ4v) is 4.83. The number of ether oxygens (including phenoxy) is 1. The molecule has 3 rings (SSSR count). The van der Waals surface area contributed by atoms with E-state index in [1.807, 2.05) is 31.2 Å². The third-order valence-electron chi connectivity index (χ3n) is 4.34. The first-order chi connectivity index (χ1) is 12.6. The highest BCUT2D eigenvalue weighted by atomic mass is 32.2. The standard InChI is InChI=1S/C18H24N4O2S2/c1-12(16(23)19-14-8-10-15(24-2)11-9-14)25-18-22-21-17(26-18)20-13-6-4-3-5-7-13/h8-13H,3-7H2,1-2H3,(H,19,23)(H,20,21). The number of benzene rings is 1. The number of anilines is 2. The third-order valence-corrected chi connectivity index (χ3v) is 6.38. The van der Waals surface area contributed by atoms with Gasteiger partial charge in [-0.2, -0.15) is 0 Å². The Morgan fingerprint density at radius 3 is 2.65 bits per heavy atom. The summed E-state index contributed by atoms with van der Waals surface area (Å²) < 4.78 is 5.93. The van der Waals surface area contributed by atoms with Crippen molar-refractivity contribution < 1.29 is 9.53 Å². The van der Waals surface area contributed by atoms with Crippen LogP contribution in [0.1, 0.15) is 39.0 Å². The highest BCUT2D eigenvalue weighted by Gasteiger charge is 2.19. The van der Waals surface area contributed by atoms with Crippen molar-refractivity contribution in [2.24, 2.45) is 0 Å². The lowest BCUT2D eigenvalue weighted by Crippen LogP contribution is -2.22. The number of thioether (sulfide) groups is 1. The first-order valence-electron chi connectivity index (χ1n) is 8.85. The van der Waals surface area contributed by atoms with Gasteiger partial charge in [0.2, 0.25) is 11.0 Å². The normalized spacial score (nSPS) is 16.1. The molecule has 0 aliphatic heterocycles. The Labute approximate surface area is 162 Å². The highest BCUT2D eigenvalue weighted by Crippen LogP contribution is 2.31. The molecule has 2 N–H and O–H groups in total. The van der Waals surface area contributed by atoms with Crippen LogP contribution in [0.5, 0.6) is 5.75 Å². The molecule has 1 aromatic carbocycles. The first-order valence-corrected chi connectivity index (χ1v) is 10.6. The van der Waals surface area contributed by atoms with Gasteiger partial charge < -0.3 is 15.4 Å². The van der Waals surface area contributed by atoms with Crippen LogP contribution in [0, 0.1) is 0 Å². The summed E-state index contributed by atoms with van der Waals surface area (Å²) in [6, 6.07) is 7.80. The van der Waals surface area contributed by atoms with Crippen molar-refractivity contribution in [2.45, 2.75) is 54.7 Å². The van der Waals surface area contributed by atoms with Crippen LogP contribution >= 0.6 is 23.1 Å². The van der Waals surface area contributed by atoms with E-state index in [-0.39, 0.29) is 11.2 Å². The predicted molar refractivity (Wildman–Crippen MR) is 107 cm³/mol. The number of hydrogen-bond acceptors (Lipinski definition) is 7. The van der Waals surface area contributed by atoms with Crippen LogP contribution in [-0.4, -0.2) is 34.5 Å². The SMILES string of the molecule is COc1ccc(NC(=O)C(C)Sc2nnc(NC3CCCCC3)s2)cc1. The lowest BCUT2D eigenvalue weighted by Gasteiger charge is -2.21. The quantitative estimate of drug-likeness (QED) is 0.680. The lowest BCUT2D eigenvalue weighted by molar-refractivity contribution is -0.115. The molecule has 1 heterocycles. The number of methoxy groups -OCH3 is 1. The average molecular weight is 393 g/mol. The second-order valence-corrected chi connectivity index (χ2v) is 8.90. The summed E-state index contributed by atoms with van der Waals surface area (Å²) in [6.45, 7) is 1.87. The second kappa shape index (κ2) is 9.23.